The van der Waals surface area contributed by atoms with Gasteiger partial charge in [0.05, 0.1) is 28.7 Å². The normalized spacial score (nSPS) is 16.9. The molecule has 2 N–H and O–H groups in total. The summed E-state index contributed by atoms with van der Waals surface area (Å²) in [6, 6.07) is 11.9. The molecule has 36 heavy (non-hydrogen) atoms. The van der Waals surface area contributed by atoms with E-state index >= 15 is 0 Å². The van der Waals surface area contributed by atoms with Crippen molar-refractivity contribution in [3.63, 3.8) is 0 Å². The number of carbonyl (C=O) groups excluding carboxylic acids is 1. The molecule has 0 radical (unpaired) electrons. The number of anilines is 1. The quantitative estimate of drug-likeness (QED) is 0.330. The minimum atomic E-state index is -1.47. The number of pyridine rings is 1. The van der Waals surface area contributed by atoms with E-state index in [0.29, 0.717) is 18.0 Å². The highest BCUT2D eigenvalue weighted by molar-refractivity contribution is 6.83. The summed E-state index contributed by atoms with van der Waals surface area (Å²) in [6.07, 6.45) is 3.74. The molecule has 1 fully saturated rings. The number of fused-ring (bicyclic) bond motifs is 4. The number of benzene rings is 2. The summed E-state index contributed by atoms with van der Waals surface area (Å²) in [5.41, 5.74) is 13.8. The van der Waals surface area contributed by atoms with Gasteiger partial charge < -0.3 is 15.4 Å². The molecule has 1 saturated carbocycles. The van der Waals surface area contributed by atoms with E-state index in [2.05, 4.69) is 53.3 Å². The van der Waals surface area contributed by atoms with E-state index in [0.717, 1.165) is 51.5 Å². The van der Waals surface area contributed by atoms with Crippen LogP contribution in [0, 0.1) is 11.5 Å². The Balaban J connectivity index is 1.37. The summed E-state index contributed by atoms with van der Waals surface area (Å²) in [5, 5.41) is 6.01. The molecule has 4 aromatic rings. The molecule has 8 heteroatoms. The first-order chi connectivity index (χ1) is 17.2. The summed E-state index contributed by atoms with van der Waals surface area (Å²) in [5.74, 6) is 4.59. The van der Waals surface area contributed by atoms with E-state index in [-0.39, 0.29) is 18.0 Å². The monoisotopic (exact) mass is 495 g/mol. The van der Waals surface area contributed by atoms with E-state index in [1.165, 1.54) is 0 Å². The standard InChI is InChI=1S/C28H29N5O2Si/c1-32-26-21-14-18(6-10-23(21)31-27(29)22(26)15-30-32)28(34)33(19-7-8-19)24-16-35-25-13-17(5-9-20(24)25)11-12-36(2,3)4/h5-6,9-10,13-15,19,24H,7-8,16H2,1-4H3,(H2,29,31). The summed E-state index contributed by atoms with van der Waals surface area (Å²) in [7, 11) is 0.409. The number of amides is 1. The minimum absolute atomic E-state index is 0.00981. The van der Waals surface area contributed by atoms with Gasteiger partial charge in [-0.05, 0) is 43.2 Å². The maximum Gasteiger partial charge on any atom is 0.254 e. The molecule has 2 aromatic carbocycles. The fourth-order valence-electron chi connectivity index (χ4n) is 4.91. The van der Waals surface area contributed by atoms with Gasteiger partial charge in [-0.15, -0.1) is 5.54 Å². The summed E-state index contributed by atoms with van der Waals surface area (Å²) in [4.78, 5) is 20.5. The second kappa shape index (κ2) is 8.10. The highest BCUT2D eigenvalue weighted by Gasteiger charge is 2.42. The maximum atomic E-state index is 14.0. The molecule has 1 atom stereocenters. The lowest BCUT2D eigenvalue weighted by Crippen LogP contribution is -2.37. The molecule has 0 saturated heterocycles. The van der Waals surface area contributed by atoms with Gasteiger partial charge in [0.15, 0.2) is 0 Å². The van der Waals surface area contributed by atoms with E-state index in [1.807, 2.05) is 36.2 Å². The van der Waals surface area contributed by atoms with Crippen LogP contribution in [-0.4, -0.2) is 46.3 Å². The van der Waals surface area contributed by atoms with Crippen LogP contribution in [0.3, 0.4) is 0 Å². The van der Waals surface area contributed by atoms with Crippen LogP contribution in [0.1, 0.15) is 40.4 Å². The van der Waals surface area contributed by atoms with Crippen molar-refractivity contribution in [2.75, 3.05) is 12.3 Å². The Labute approximate surface area is 211 Å². The van der Waals surface area contributed by atoms with Crippen LogP contribution in [0.4, 0.5) is 5.82 Å². The fourth-order valence-corrected chi connectivity index (χ4v) is 5.43. The molecule has 0 bridgehead atoms. The third-order valence-electron chi connectivity index (χ3n) is 6.82. The van der Waals surface area contributed by atoms with Gasteiger partial charge in [0, 0.05) is 35.2 Å². The third-order valence-corrected chi connectivity index (χ3v) is 7.69. The molecule has 1 aliphatic heterocycles. The number of carbonyl (C=O) groups is 1. The second-order valence-electron chi connectivity index (χ2n) is 10.8. The molecule has 6 rings (SSSR count). The Morgan fingerprint density at radius 3 is 2.72 bits per heavy atom. The molecule has 0 spiro atoms. The molecule has 1 aliphatic carbocycles. The molecule has 1 unspecified atom stereocenters. The minimum Gasteiger partial charge on any atom is -0.491 e. The number of nitrogens with two attached hydrogens (primary N) is 1. The van der Waals surface area contributed by atoms with Gasteiger partial charge in [0.1, 0.15) is 26.2 Å². The van der Waals surface area contributed by atoms with Crippen LogP contribution in [0.25, 0.3) is 21.8 Å². The SMILES string of the molecule is Cn1ncc2c(N)nc3ccc(C(=O)N(C4CC4)C4COc5cc(C#C[Si](C)(C)C)ccc54)cc3c21. The van der Waals surface area contributed by atoms with Crippen molar-refractivity contribution >= 4 is 41.6 Å². The molecule has 3 heterocycles. The van der Waals surface area contributed by atoms with Gasteiger partial charge >= 0.3 is 0 Å². The third kappa shape index (κ3) is 3.90. The first-order valence-corrected chi connectivity index (χ1v) is 15.8. The Bertz CT molecular complexity index is 1600. The van der Waals surface area contributed by atoms with Gasteiger partial charge in [0.25, 0.3) is 5.91 Å². The number of rotatable bonds is 3. The number of nitrogens with zero attached hydrogens (tertiary/aromatic N) is 4. The summed E-state index contributed by atoms with van der Waals surface area (Å²) < 4.78 is 7.87. The fraction of sp³-hybridized carbons (Fsp3) is 0.321. The number of aromatic nitrogens is 3. The highest BCUT2D eigenvalue weighted by Crippen LogP contribution is 2.43. The lowest BCUT2D eigenvalue weighted by atomic mass is 10.0. The predicted molar refractivity (Wildman–Crippen MR) is 145 cm³/mol. The number of ether oxygens (including phenoxy) is 1. The zero-order chi connectivity index (χ0) is 25.2. The van der Waals surface area contributed by atoms with E-state index in [4.69, 9.17) is 10.5 Å². The molecule has 1 amide bonds. The van der Waals surface area contributed by atoms with Gasteiger partial charge in [-0.2, -0.15) is 5.10 Å². The highest BCUT2D eigenvalue weighted by atomic mass is 28.3. The van der Waals surface area contributed by atoms with Crippen molar-refractivity contribution in [3.05, 3.63) is 59.3 Å². The molecule has 2 aromatic heterocycles. The maximum absolute atomic E-state index is 14.0. The number of hydrogen-bond acceptors (Lipinski definition) is 5. The Kier molecular flexibility index (Phi) is 5.09. The smallest absolute Gasteiger partial charge is 0.254 e. The first kappa shape index (κ1) is 22.6. The lowest BCUT2D eigenvalue weighted by molar-refractivity contribution is 0.0630. The Morgan fingerprint density at radius 1 is 1.17 bits per heavy atom. The molecule has 2 aliphatic rings. The average Bonchev–Trinajstić information content (AvgIpc) is 3.47. The molecular formula is C28H29N5O2Si. The van der Waals surface area contributed by atoms with Crippen LogP contribution >= 0.6 is 0 Å². The predicted octanol–water partition coefficient (Wildman–Crippen LogP) is 4.67. The van der Waals surface area contributed by atoms with Gasteiger partial charge in [-0.1, -0.05) is 31.6 Å². The Hall–Kier alpha value is -3.83. The molecule has 182 valence electrons. The van der Waals surface area contributed by atoms with E-state index in [9.17, 15) is 4.79 Å². The van der Waals surface area contributed by atoms with Crippen LogP contribution in [-0.2, 0) is 7.05 Å². The van der Waals surface area contributed by atoms with Crippen molar-refractivity contribution in [1.29, 1.82) is 0 Å². The van der Waals surface area contributed by atoms with Crippen LogP contribution in [0.2, 0.25) is 19.6 Å². The van der Waals surface area contributed by atoms with E-state index in [1.54, 1.807) is 10.9 Å². The van der Waals surface area contributed by atoms with Crippen molar-refractivity contribution in [2.24, 2.45) is 7.05 Å². The Morgan fingerprint density at radius 2 is 1.97 bits per heavy atom. The molecular weight excluding hydrogens is 466 g/mol. The van der Waals surface area contributed by atoms with E-state index < -0.39 is 8.07 Å². The molecule has 7 nitrogen and oxygen atoms in total. The van der Waals surface area contributed by atoms with Gasteiger partial charge in [-0.3, -0.25) is 9.48 Å². The van der Waals surface area contributed by atoms with Crippen molar-refractivity contribution < 1.29 is 9.53 Å². The summed E-state index contributed by atoms with van der Waals surface area (Å²) in [6.45, 7) is 7.16. The number of nitrogen functional groups attached to an aromatic ring is 1. The zero-order valence-electron chi connectivity index (χ0n) is 21.0. The number of hydrogen-bond donors (Lipinski definition) is 1. The van der Waals surface area contributed by atoms with Crippen molar-refractivity contribution in [1.82, 2.24) is 19.7 Å². The zero-order valence-corrected chi connectivity index (χ0v) is 22.0. The van der Waals surface area contributed by atoms with Gasteiger partial charge in [0.2, 0.25) is 0 Å². The summed E-state index contributed by atoms with van der Waals surface area (Å²) >= 11 is 0. The number of aryl methyl sites for hydroxylation is 1. The lowest BCUT2D eigenvalue weighted by Gasteiger charge is -2.28. The van der Waals surface area contributed by atoms with Gasteiger partial charge in [-0.25, -0.2) is 4.98 Å². The topological polar surface area (TPSA) is 86.3 Å². The van der Waals surface area contributed by atoms with Crippen LogP contribution in [0.15, 0.2) is 42.6 Å². The van der Waals surface area contributed by atoms with Crippen LogP contribution < -0.4 is 10.5 Å². The largest absolute Gasteiger partial charge is 0.491 e. The van der Waals surface area contributed by atoms with Crippen molar-refractivity contribution in [2.45, 2.75) is 44.6 Å². The van der Waals surface area contributed by atoms with Crippen LogP contribution in [0.5, 0.6) is 5.75 Å². The first-order valence-electron chi connectivity index (χ1n) is 12.3. The van der Waals surface area contributed by atoms with Crippen molar-refractivity contribution in [3.8, 4) is 17.2 Å². The second-order valence-corrected chi connectivity index (χ2v) is 15.5. The average molecular weight is 496 g/mol.